The first kappa shape index (κ1) is 21.2. The fraction of sp³-hybridized carbons (Fsp3) is 0.304. The van der Waals surface area contributed by atoms with Gasteiger partial charge in [-0.2, -0.15) is 5.10 Å². The van der Waals surface area contributed by atoms with E-state index in [1.165, 1.54) is 12.4 Å². The van der Waals surface area contributed by atoms with Crippen LogP contribution in [-0.2, 0) is 4.79 Å². The van der Waals surface area contributed by atoms with Crippen LogP contribution < -0.4 is 14.8 Å². The predicted molar refractivity (Wildman–Crippen MR) is 121 cm³/mol. The van der Waals surface area contributed by atoms with Crippen LogP contribution in [0.2, 0.25) is 0 Å². The minimum absolute atomic E-state index is 0.0582. The number of aromatic amines is 1. The Balaban J connectivity index is 1.63. The number of rotatable bonds is 5. The molecule has 1 atom stereocenters. The molecule has 1 aliphatic heterocycles. The van der Waals surface area contributed by atoms with Crippen molar-refractivity contribution in [3.63, 3.8) is 0 Å². The molecule has 164 valence electrons. The molecular weight excluding hydrogens is 408 g/mol. The highest BCUT2D eigenvalue weighted by atomic mass is 16.5. The number of piperidine rings is 1. The molecule has 1 amide bonds. The quantitative estimate of drug-likeness (QED) is 0.471. The molecule has 1 aromatic carbocycles. The lowest BCUT2D eigenvalue weighted by atomic mass is 10.1. The number of carbonyl (C=O) groups excluding carboxylic acids is 1. The normalized spacial score (nSPS) is 15.6. The number of likely N-dealkylation sites (tertiary alicyclic amines) is 1. The van der Waals surface area contributed by atoms with Gasteiger partial charge < -0.3 is 19.7 Å². The molecule has 1 aliphatic rings. The molecule has 9 nitrogen and oxygen atoms in total. The summed E-state index contributed by atoms with van der Waals surface area (Å²) in [6.07, 6.45) is 4.63. The first-order valence-electron chi connectivity index (χ1n) is 10.2. The summed E-state index contributed by atoms with van der Waals surface area (Å²) in [6.45, 7) is 4.89. The first-order chi connectivity index (χ1) is 15.6. The van der Waals surface area contributed by atoms with Gasteiger partial charge in [-0.25, -0.2) is 9.97 Å². The van der Waals surface area contributed by atoms with Gasteiger partial charge >= 0.3 is 0 Å². The van der Waals surface area contributed by atoms with Crippen LogP contribution >= 0.6 is 0 Å². The molecule has 1 saturated heterocycles. The van der Waals surface area contributed by atoms with Crippen LogP contribution in [0.25, 0.3) is 11.0 Å². The number of H-pyrrole nitrogens is 1. The number of benzene rings is 1. The number of carbonyl (C=O) groups is 1. The van der Waals surface area contributed by atoms with E-state index >= 15 is 0 Å². The lowest BCUT2D eigenvalue weighted by Gasteiger charge is -2.32. The maximum absolute atomic E-state index is 12.0. The second-order valence-corrected chi connectivity index (χ2v) is 7.34. The topological polar surface area (TPSA) is 105 Å². The number of ether oxygens (including phenoxy) is 2. The van der Waals surface area contributed by atoms with Crippen LogP contribution in [0.3, 0.4) is 0 Å². The minimum atomic E-state index is -0.0630. The van der Waals surface area contributed by atoms with Gasteiger partial charge in [0.1, 0.15) is 23.5 Å². The number of methoxy groups -OCH3 is 2. The van der Waals surface area contributed by atoms with Crippen molar-refractivity contribution in [2.24, 2.45) is 0 Å². The van der Waals surface area contributed by atoms with Gasteiger partial charge in [0.2, 0.25) is 5.91 Å². The van der Waals surface area contributed by atoms with Crippen LogP contribution in [0.15, 0.2) is 37.2 Å². The summed E-state index contributed by atoms with van der Waals surface area (Å²) in [6, 6.07) is 5.50. The molecule has 0 saturated carbocycles. The van der Waals surface area contributed by atoms with Crippen molar-refractivity contribution in [2.45, 2.75) is 18.9 Å². The number of anilines is 1. The Kier molecular flexibility index (Phi) is 6.22. The van der Waals surface area contributed by atoms with E-state index in [4.69, 9.17) is 9.47 Å². The Morgan fingerprint density at radius 2 is 2.03 bits per heavy atom. The molecule has 0 radical (unpaired) electrons. The molecule has 1 fully saturated rings. The fourth-order valence-corrected chi connectivity index (χ4v) is 3.69. The number of nitrogens with one attached hydrogen (secondary N) is 2. The van der Waals surface area contributed by atoms with Gasteiger partial charge in [-0.15, -0.1) is 0 Å². The van der Waals surface area contributed by atoms with E-state index in [1.807, 2.05) is 12.1 Å². The van der Waals surface area contributed by atoms with Crippen molar-refractivity contribution < 1.29 is 14.3 Å². The van der Waals surface area contributed by atoms with Gasteiger partial charge in [0.25, 0.3) is 0 Å². The molecule has 0 aliphatic carbocycles. The molecule has 32 heavy (non-hydrogen) atoms. The number of hydrogen-bond acceptors (Lipinski definition) is 7. The van der Waals surface area contributed by atoms with Crippen LogP contribution in [-0.4, -0.2) is 64.3 Å². The van der Waals surface area contributed by atoms with E-state index in [0.717, 1.165) is 24.9 Å². The minimum Gasteiger partial charge on any atom is -0.497 e. The second kappa shape index (κ2) is 9.39. The Morgan fingerprint density at radius 1 is 1.25 bits per heavy atom. The van der Waals surface area contributed by atoms with Crippen molar-refractivity contribution >= 4 is 22.8 Å². The number of amides is 1. The van der Waals surface area contributed by atoms with E-state index in [-0.39, 0.29) is 11.9 Å². The summed E-state index contributed by atoms with van der Waals surface area (Å²) in [7, 11) is 3.19. The zero-order chi connectivity index (χ0) is 22.5. The van der Waals surface area contributed by atoms with Gasteiger partial charge in [-0.05, 0) is 37.0 Å². The molecule has 3 aromatic rings. The molecular formula is C23H24N6O3. The maximum Gasteiger partial charge on any atom is 0.246 e. The summed E-state index contributed by atoms with van der Waals surface area (Å²) in [4.78, 5) is 22.4. The summed E-state index contributed by atoms with van der Waals surface area (Å²) >= 11 is 0. The third kappa shape index (κ3) is 4.49. The second-order valence-electron chi connectivity index (χ2n) is 7.34. The SMILES string of the molecule is C=CC(=O)N1CCCC(Nc2n[nH]c3ncnc(C#Cc4cc(OC)cc(OC)c4)c23)C1. The highest BCUT2D eigenvalue weighted by molar-refractivity contribution is 5.91. The molecule has 0 spiro atoms. The maximum atomic E-state index is 12.0. The zero-order valence-corrected chi connectivity index (χ0v) is 18.0. The van der Waals surface area contributed by atoms with Gasteiger partial charge in [-0.1, -0.05) is 12.5 Å². The standard InChI is InChI=1S/C23H24N6O3/c1-4-20(30)29-9-5-6-16(13-29)26-23-21-19(24-14-25-22(21)27-28-23)8-7-15-10-17(31-2)12-18(11-15)32-3/h4,10-12,14,16H,1,5-6,9,13H2,2-3H3,(H2,24,25,26,27,28). The van der Waals surface area contributed by atoms with Crippen molar-refractivity contribution in [3.8, 4) is 23.3 Å². The largest absolute Gasteiger partial charge is 0.497 e. The van der Waals surface area contributed by atoms with Crippen LogP contribution in [0, 0.1) is 11.8 Å². The predicted octanol–water partition coefficient (Wildman–Crippen LogP) is 2.36. The summed E-state index contributed by atoms with van der Waals surface area (Å²) < 4.78 is 10.6. The van der Waals surface area contributed by atoms with Crippen molar-refractivity contribution in [2.75, 3.05) is 32.6 Å². The average molecular weight is 432 g/mol. The third-order valence-corrected chi connectivity index (χ3v) is 5.28. The monoisotopic (exact) mass is 432 g/mol. The van der Waals surface area contributed by atoms with E-state index in [0.29, 0.717) is 40.6 Å². The van der Waals surface area contributed by atoms with E-state index < -0.39 is 0 Å². The number of aromatic nitrogens is 4. The van der Waals surface area contributed by atoms with E-state index in [9.17, 15) is 4.79 Å². The van der Waals surface area contributed by atoms with E-state index in [2.05, 4.69) is 43.9 Å². The lowest BCUT2D eigenvalue weighted by molar-refractivity contribution is -0.127. The van der Waals surface area contributed by atoms with Gasteiger partial charge in [-0.3, -0.25) is 9.89 Å². The highest BCUT2D eigenvalue weighted by Gasteiger charge is 2.24. The molecule has 9 heteroatoms. The van der Waals surface area contributed by atoms with Crippen molar-refractivity contribution in [3.05, 3.63) is 48.4 Å². The van der Waals surface area contributed by atoms with Gasteiger partial charge in [0, 0.05) is 30.8 Å². The first-order valence-corrected chi connectivity index (χ1v) is 10.2. The summed E-state index contributed by atoms with van der Waals surface area (Å²) in [5.74, 6) is 8.10. The number of nitrogens with zero attached hydrogens (tertiary/aromatic N) is 4. The summed E-state index contributed by atoms with van der Waals surface area (Å²) in [5.41, 5.74) is 1.87. The lowest BCUT2D eigenvalue weighted by Crippen LogP contribution is -2.44. The van der Waals surface area contributed by atoms with Crippen molar-refractivity contribution in [1.82, 2.24) is 25.1 Å². The number of fused-ring (bicyclic) bond motifs is 1. The zero-order valence-electron chi connectivity index (χ0n) is 18.0. The molecule has 3 heterocycles. The molecule has 2 N–H and O–H groups in total. The van der Waals surface area contributed by atoms with Crippen LogP contribution in [0.5, 0.6) is 11.5 Å². The Bertz CT molecular complexity index is 1190. The summed E-state index contributed by atoms with van der Waals surface area (Å²) in [5, 5.41) is 11.4. The third-order valence-electron chi connectivity index (χ3n) is 5.28. The van der Waals surface area contributed by atoms with Crippen LogP contribution in [0.1, 0.15) is 24.1 Å². The van der Waals surface area contributed by atoms with E-state index in [1.54, 1.807) is 25.2 Å². The Labute approximate surface area is 185 Å². The average Bonchev–Trinajstić information content (AvgIpc) is 3.25. The molecule has 0 bridgehead atoms. The molecule has 4 rings (SSSR count). The van der Waals surface area contributed by atoms with Crippen LogP contribution in [0.4, 0.5) is 5.82 Å². The molecule has 1 unspecified atom stereocenters. The highest BCUT2D eigenvalue weighted by Crippen LogP contribution is 2.25. The van der Waals surface area contributed by atoms with Gasteiger partial charge in [0.15, 0.2) is 11.5 Å². The Morgan fingerprint density at radius 3 is 2.75 bits per heavy atom. The van der Waals surface area contributed by atoms with Gasteiger partial charge in [0.05, 0.1) is 19.6 Å². The van der Waals surface area contributed by atoms with Crippen molar-refractivity contribution in [1.29, 1.82) is 0 Å². The molecule has 2 aromatic heterocycles. The smallest absolute Gasteiger partial charge is 0.246 e. The Hall–Kier alpha value is -4.06. The number of hydrogen-bond donors (Lipinski definition) is 2. The fourth-order valence-electron chi connectivity index (χ4n) is 3.69.